The van der Waals surface area contributed by atoms with Crippen LogP contribution in [0.15, 0.2) is 67.5 Å². The molecule has 0 fully saturated rings. The van der Waals surface area contributed by atoms with Gasteiger partial charge in [0.1, 0.15) is 0 Å². The van der Waals surface area contributed by atoms with Gasteiger partial charge in [-0.05, 0) is 53.9 Å². The highest BCUT2D eigenvalue weighted by Crippen LogP contribution is 2.18. The summed E-state index contributed by atoms with van der Waals surface area (Å²) in [6.07, 6.45) is 10.3. The van der Waals surface area contributed by atoms with Gasteiger partial charge in [-0.15, -0.1) is 0 Å². The molecule has 0 unspecified atom stereocenters. The van der Waals surface area contributed by atoms with E-state index in [0.717, 1.165) is 42.4 Å². The van der Waals surface area contributed by atoms with Crippen LogP contribution < -0.4 is 5.32 Å². The molecule has 1 aromatic carbocycles. The van der Waals surface area contributed by atoms with Gasteiger partial charge in [0, 0.05) is 50.1 Å². The van der Waals surface area contributed by atoms with E-state index in [9.17, 15) is 0 Å². The first-order chi connectivity index (χ1) is 13.6. The van der Waals surface area contributed by atoms with E-state index in [1.165, 1.54) is 5.56 Å². The number of aromatic nitrogens is 3. The topological polar surface area (TPSA) is 46.0 Å². The van der Waals surface area contributed by atoms with Crippen molar-refractivity contribution in [1.82, 2.24) is 19.4 Å². The highest BCUT2D eigenvalue weighted by atomic mass is 32.1. The van der Waals surface area contributed by atoms with Crippen LogP contribution in [0.25, 0.3) is 0 Å². The average Bonchev–Trinajstić information content (AvgIpc) is 3.22. The SMILES string of the molecule is CC(C)c1ccc(NC(=S)N(CCCn2ccnc2)Cc2cccnc2)cc1. The molecule has 0 bridgehead atoms. The van der Waals surface area contributed by atoms with Crippen LogP contribution >= 0.6 is 12.2 Å². The van der Waals surface area contributed by atoms with E-state index >= 15 is 0 Å². The molecule has 0 saturated heterocycles. The molecule has 28 heavy (non-hydrogen) atoms. The van der Waals surface area contributed by atoms with Gasteiger partial charge in [0.05, 0.1) is 6.33 Å². The highest BCUT2D eigenvalue weighted by Gasteiger charge is 2.11. The van der Waals surface area contributed by atoms with E-state index in [-0.39, 0.29) is 0 Å². The predicted molar refractivity (Wildman–Crippen MR) is 118 cm³/mol. The maximum Gasteiger partial charge on any atom is 0.173 e. The monoisotopic (exact) mass is 393 g/mol. The minimum absolute atomic E-state index is 0.520. The smallest absolute Gasteiger partial charge is 0.173 e. The molecule has 0 atom stereocenters. The Morgan fingerprint density at radius 2 is 1.96 bits per heavy atom. The lowest BCUT2D eigenvalue weighted by molar-refractivity contribution is 0.395. The molecule has 0 saturated carbocycles. The average molecular weight is 394 g/mol. The number of pyridine rings is 1. The molecule has 0 aliphatic rings. The summed E-state index contributed by atoms with van der Waals surface area (Å²) in [6, 6.07) is 12.5. The van der Waals surface area contributed by atoms with Crippen LogP contribution in [0.3, 0.4) is 0 Å². The summed E-state index contributed by atoms with van der Waals surface area (Å²) in [7, 11) is 0. The van der Waals surface area contributed by atoms with Crippen molar-refractivity contribution in [3.05, 3.63) is 78.6 Å². The van der Waals surface area contributed by atoms with Crippen molar-refractivity contribution in [1.29, 1.82) is 0 Å². The first-order valence-electron chi connectivity index (χ1n) is 9.62. The Morgan fingerprint density at radius 3 is 2.61 bits per heavy atom. The van der Waals surface area contributed by atoms with Gasteiger partial charge in [-0.3, -0.25) is 4.98 Å². The maximum absolute atomic E-state index is 5.73. The maximum atomic E-state index is 5.73. The Bertz CT molecular complexity index is 844. The molecule has 3 rings (SSSR count). The number of nitrogens with one attached hydrogen (secondary N) is 1. The zero-order valence-electron chi connectivity index (χ0n) is 16.5. The van der Waals surface area contributed by atoms with Crippen LogP contribution in [0.5, 0.6) is 0 Å². The van der Waals surface area contributed by atoms with Crippen LogP contribution in [-0.4, -0.2) is 31.1 Å². The van der Waals surface area contributed by atoms with Gasteiger partial charge in [0.15, 0.2) is 5.11 Å². The predicted octanol–water partition coefficient (Wildman–Crippen LogP) is 4.69. The van der Waals surface area contributed by atoms with E-state index in [1.54, 1.807) is 12.4 Å². The van der Waals surface area contributed by atoms with Crippen molar-refractivity contribution in [3.8, 4) is 0 Å². The third-order valence-corrected chi connectivity index (χ3v) is 4.98. The summed E-state index contributed by atoms with van der Waals surface area (Å²) in [4.78, 5) is 10.5. The number of nitrogens with zero attached hydrogens (tertiary/aromatic N) is 4. The summed E-state index contributed by atoms with van der Waals surface area (Å²) in [5.41, 5.74) is 3.48. The lowest BCUT2D eigenvalue weighted by Gasteiger charge is -2.26. The molecule has 0 aliphatic carbocycles. The number of anilines is 1. The number of aryl methyl sites for hydroxylation is 1. The van der Waals surface area contributed by atoms with Gasteiger partial charge in [0.2, 0.25) is 0 Å². The zero-order chi connectivity index (χ0) is 19.8. The van der Waals surface area contributed by atoms with Gasteiger partial charge >= 0.3 is 0 Å². The molecule has 0 amide bonds. The van der Waals surface area contributed by atoms with E-state index < -0.39 is 0 Å². The van der Waals surface area contributed by atoms with E-state index in [0.29, 0.717) is 5.92 Å². The molecule has 0 radical (unpaired) electrons. The summed E-state index contributed by atoms with van der Waals surface area (Å²) in [5, 5.41) is 4.12. The summed E-state index contributed by atoms with van der Waals surface area (Å²) in [6.45, 7) is 6.89. The van der Waals surface area contributed by atoms with Crippen molar-refractivity contribution in [2.45, 2.75) is 39.3 Å². The van der Waals surface area contributed by atoms with Crippen molar-refractivity contribution in [3.63, 3.8) is 0 Å². The number of benzene rings is 1. The van der Waals surface area contributed by atoms with Crippen LogP contribution in [0.2, 0.25) is 0 Å². The van der Waals surface area contributed by atoms with Gasteiger partial charge in [0.25, 0.3) is 0 Å². The number of rotatable bonds is 8. The Labute approximate surface area is 172 Å². The van der Waals surface area contributed by atoms with Gasteiger partial charge in [-0.2, -0.15) is 0 Å². The molecule has 5 nitrogen and oxygen atoms in total. The molecular weight excluding hydrogens is 366 g/mol. The largest absolute Gasteiger partial charge is 0.345 e. The normalized spacial score (nSPS) is 10.8. The van der Waals surface area contributed by atoms with Crippen LogP contribution in [-0.2, 0) is 13.1 Å². The Kier molecular flexibility index (Phi) is 7.14. The van der Waals surface area contributed by atoms with Crippen LogP contribution in [0.4, 0.5) is 5.69 Å². The van der Waals surface area contributed by atoms with Crippen molar-refractivity contribution in [2.24, 2.45) is 0 Å². The number of hydrogen-bond donors (Lipinski definition) is 1. The van der Waals surface area contributed by atoms with Crippen molar-refractivity contribution in [2.75, 3.05) is 11.9 Å². The van der Waals surface area contributed by atoms with Crippen molar-refractivity contribution < 1.29 is 0 Å². The second-order valence-corrected chi connectivity index (χ2v) is 7.53. The molecule has 2 aromatic heterocycles. The number of imidazole rings is 1. The number of hydrogen-bond acceptors (Lipinski definition) is 3. The third kappa shape index (κ3) is 5.89. The molecule has 3 aromatic rings. The van der Waals surface area contributed by atoms with E-state index in [2.05, 4.69) is 68.9 Å². The first-order valence-corrected chi connectivity index (χ1v) is 10.0. The molecular formula is C22H27N5S. The summed E-state index contributed by atoms with van der Waals surface area (Å²) >= 11 is 5.73. The zero-order valence-corrected chi connectivity index (χ0v) is 17.3. The van der Waals surface area contributed by atoms with Gasteiger partial charge < -0.3 is 14.8 Å². The lowest BCUT2D eigenvalue weighted by Crippen LogP contribution is -2.35. The van der Waals surface area contributed by atoms with Crippen LogP contribution in [0, 0.1) is 0 Å². The highest BCUT2D eigenvalue weighted by molar-refractivity contribution is 7.80. The molecule has 0 spiro atoms. The Hall–Kier alpha value is -2.73. The minimum Gasteiger partial charge on any atom is -0.345 e. The summed E-state index contributed by atoms with van der Waals surface area (Å²) in [5.74, 6) is 0.520. The fourth-order valence-corrected chi connectivity index (χ4v) is 3.26. The van der Waals surface area contributed by atoms with E-state index in [4.69, 9.17) is 12.2 Å². The van der Waals surface area contributed by atoms with Gasteiger partial charge in [-0.1, -0.05) is 32.0 Å². The van der Waals surface area contributed by atoms with E-state index in [1.807, 2.05) is 24.8 Å². The first kappa shape index (κ1) is 20.0. The summed E-state index contributed by atoms with van der Waals surface area (Å²) < 4.78 is 2.09. The second kappa shape index (κ2) is 9.99. The molecule has 2 heterocycles. The Morgan fingerprint density at radius 1 is 1.14 bits per heavy atom. The lowest BCUT2D eigenvalue weighted by atomic mass is 10.0. The Balaban J connectivity index is 1.64. The fraction of sp³-hybridized carbons (Fsp3) is 0.318. The quantitative estimate of drug-likeness (QED) is 0.563. The molecule has 6 heteroatoms. The second-order valence-electron chi connectivity index (χ2n) is 7.14. The standard InChI is InChI=1S/C22H27N5S/c1-18(2)20-6-8-21(9-7-20)25-22(28)27(16-19-5-3-10-23-15-19)13-4-12-26-14-11-24-17-26/h3,5-11,14-15,17-18H,4,12-13,16H2,1-2H3,(H,25,28). The van der Waals surface area contributed by atoms with Gasteiger partial charge in [-0.25, -0.2) is 4.98 Å². The van der Waals surface area contributed by atoms with Crippen LogP contribution in [0.1, 0.15) is 37.3 Å². The number of thiocarbonyl (C=S) groups is 1. The molecule has 1 N–H and O–H groups in total. The minimum atomic E-state index is 0.520. The fourth-order valence-electron chi connectivity index (χ4n) is 2.98. The molecule has 0 aliphatic heterocycles. The third-order valence-electron chi connectivity index (χ3n) is 4.62. The molecule has 146 valence electrons. The van der Waals surface area contributed by atoms with Crippen molar-refractivity contribution >= 4 is 23.0 Å².